The summed E-state index contributed by atoms with van der Waals surface area (Å²) in [6, 6.07) is 10.7. The van der Waals surface area contributed by atoms with E-state index in [-0.39, 0.29) is 5.75 Å². The van der Waals surface area contributed by atoms with Crippen molar-refractivity contribution in [1.82, 2.24) is 0 Å². The van der Waals surface area contributed by atoms with Crippen LogP contribution in [-0.2, 0) is 6.18 Å². The minimum Gasteiger partial charge on any atom is -0.537 e. The molecular formula is C13H9BF3O3. The highest BCUT2D eigenvalue weighted by Crippen LogP contribution is 2.33. The third-order valence-corrected chi connectivity index (χ3v) is 2.39. The Balaban J connectivity index is 2.19. The molecule has 0 spiro atoms. The second kappa shape index (κ2) is 5.87. The van der Waals surface area contributed by atoms with Gasteiger partial charge in [0.05, 0.1) is 5.56 Å². The number of hydrogen-bond donors (Lipinski definition) is 1. The van der Waals surface area contributed by atoms with E-state index in [1.54, 1.807) is 18.2 Å². The predicted molar refractivity (Wildman–Crippen MR) is 66.6 cm³/mol. The molecule has 0 atom stereocenters. The van der Waals surface area contributed by atoms with E-state index in [0.29, 0.717) is 19.2 Å². The second-order valence-electron chi connectivity index (χ2n) is 3.83. The van der Waals surface area contributed by atoms with Crippen molar-refractivity contribution in [3.8, 4) is 17.2 Å². The fourth-order valence-corrected chi connectivity index (χ4v) is 1.54. The lowest BCUT2D eigenvalue weighted by Gasteiger charge is -2.10. The van der Waals surface area contributed by atoms with E-state index in [4.69, 9.17) is 14.4 Å². The monoisotopic (exact) mass is 281 g/mol. The molecule has 0 heterocycles. The topological polar surface area (TPSA) is 38.7 Å². The highest BCUT2D eigenvalue weighted by Gasteiger charge is 2.30. The van der Waals surface area contributed by atoms with Gasteiger partial charge in [-0.3, -0.25) is 0 Å². The first-order valence-electron chi connectivity index (χ1n) is 5.57. The molecule has 0 aromatic heterocycles. The lowest BCUT2D eigenvalue weighted by atomic mass is 10.2. The van der Waals surface area contributed by atoms with Crippen molar-refractivity contribution in [3.05, 3.63) is 54.1 Å². The van der Waals surface area contributed by atoms with E-state index < -0.39 is 11.7 Å². The van der Waals surface area contributed by atoms with Crippen LogP contribution in [0.2, 0.25) is 0 Å². The molecule has 0 amide bonds. The molecule has 0 saturated carbocycles. The van der Waals surface area contributed by atoms with Crippen molar-refractivity contribution in [2.45, 2.75) is 6.18 Å². The minimum absolute atomic E-state index is 0.0601. The third-order valence-electron chi connectivity index (χ3n) is 2.39. The number of alkyl halides is 3. The van der Waals surface area contributed by atoms with Crippen LogP contribution in [0.5, 0.6) is 17.2 Å². The Bertz CT molecular complexity index is 587. The maximum Gasteiger partial charge on any atom is 0.569 e. The van der Waals surface area contributed by atoms with Crippen LogP contribution >= 0.6 is 0 Å². The lowest BCUT2D eigenvalue weighted by Crippen LogP contribution is -2.04. The molecule has 0 fully saturated rings. The van der Waals surface area contributed by atoms with Gasteiger partial charge in [-0.15, -0.1) is 0 Å². The lowest BCUT2D eigenvalue weighted by molar-refractivity contribution is -0.137. The number of halogens is 3. The summed E-state index contributed by atoms with van der Waals surface area (Å²) in [5.41, 5.74) is -0.786. The van der Waals surface area contributed by atoms with Crippen LogP contribution in [0, 0.1) is 0 Å². The van der Waals surface area contributed by atoms with Crippen LogP contribution in [0.15, 0.2) is 48.5 Å². The first kappa shape index (κ1) is 14.3. The van der Waals surface area contributed by atoms with Crippen LogP contribution < -0.4 is 9.39 Å². The van der Waals surface area contributed by atoms with Gasteiger partial charge in [-0.1, -0.05) is 12.1 Å². The fourth-order valence-electron chi connectivity index (χ4n) is 1.54. The molecule has 1 radical (unpaired) electrons. The van der Waals surface area contributed by atoms with E-state index in [0.717, 1.165) is 12.1 Å². The summed E-state index contributed by atoms with van der Waals surface area (Å²) in [5.74, 6) is 0.658. The Kier molecular flexibility index (Phi) is 4.19. The third kappa shape index (κ3) is 3.67. The van der Waals surface area contributed by atoms with E-state index in [1.165, 1.54) is 18.2 Å². The Labute approximate surface area is 113 Å². The van der Waals surface area contributed by atoms with Crippen LogP contribution in [0.1, 0.15) is 5.56 Å². The molecule has 0 aliphatic rings. The predicted octanol–water partition coefficient (Wildman–Crippen LogP) is 3.40. The highest BCUT2D eigenvalue weighted by atomic mass is 19.4. The van der Waals surface area contributed by atoms with Gasteiger partial charge in [0.1, 0.15) is 17.2 Å². The van der Waals surface area contributed by atoms with Gasteiger partial charge in [-0.25, -0.2) is 0 Å². The average Bonchev–Trinajstić information content (AvgIpc) is 2.39. The normalized spacial score (nSPS) is 11.0. The molecule has 2 aromatic rings. The Morgan fingerprint density at radius 3 is 2.15 bits per heavy atom. The molecule has 0 aliphatic heterocycles. The summed E-state index contributed by atoms with van der Waals surface area (Å²) in [4.78, 5) is 0. The van der Waals surface area contributed by atoms with Gasteiger partial charge in [0.25, 0.3) is 0 Å². The molecule has 1 N–H and O–H groups in total. The average molecular weight is 281 g/mol. The van der Waals surface area contributed by atoms with Gasteiger partial charge in [-0.05, 0) is 30.3 Å². The van der Waals surface area contributed by atoms with Crippen LogP contribution in [0.4, 0.5) is 13.2 Å². The van der Waals surface area contributed by atoms with Gasteiger partial charge >= 0.3 is 13.9 Å². The first-order valence-corrected chi connectivity index (χ1v) is 5.57. The number of rotatable bonds is 4. The first-order chi connectivity index (χ1) is 9.49. The zero-order valence-electron chi connectivity index (χ0n) is 10.1. The second-order valence-corrected chi connectivity index (χ2v) is 3.83. The summed E-state index contributed by atoms with van der Waals surface area (Å²) in [6.07, 6.45) is -4.42. The van der Waals surface area contributed by atoms with Crippen LogP contribution in [0.25, 0.3) is 0 Å². The summed E-state index contributed by atoms with van der Waals surface area (Å²) in [5, 5.41) is 8.51. The van der Waals surface area contributed by atoms with E-state index in [9.17, 15) is 13.2 Å². The van der Waals surface area contributed by atoms with Gasteiger partial charge in [0, 0.05) is 6.07 Å². The van der Waals surface area contributed by atoms with Crippen LogP contribution in [-0.4, -0.2) is 12.7 Å². The minimum atomic E-state index is -4.42. The van der Waals surface area contributed by atoms with Gasteiger partial charge < -0.3 is 14.4 Å². The molecule has 0 bridgehead atoms. The van der Waals surface area contributed by atoms with Crippen molar-refractivity contribution < 1.29 is 27.6 Å². The quantitative estimate of drug-likeness (QED) is 0.873. The zero-order valence-corrected chi connectivity index (χ0v) is 10.1. The molecule has 103 valence electrons. The largest absolute Gasteiger partial charge is 0.569 e. The molecule has 0 aliphatic carbocycles. The molecule has 0 unspecified atom stereocenters. The number of hydrogen-bond acceptors (Lipinski definition) is 3. The van der Waals surface area contributed by atoms with Gasteiger partial charge in [-0.2, -0.15) is 13.2 Å². The SMILES string of the molecule is O[B]Oc1cccc(Oc2cccc(C(F)(F)F)c2)c1. The molecular weight excluding hydrogens is 272 g/mol. The molecule has 7 heteroatoms. The van der Waals surface area contributed by atoms with Crippen molar-refractivity contribution in [2.75, 3.05) is 0 Å². The summed E-state index contributed by atoms with van der Waals surface area (Å²) in [6.45, 7) is 0. The van der Waals surface area contributed by atoms with Gasteiger partial charge in [0.2, 0.25) is 0 Å². The zero-order chi connectivity index (χ0) is 14.6. The molecule has 0 saturated heterocycles. The number of ether oxygens (including phenoxy) is 1. The van der Waals surface area contributed by atoms with Crippen LogP contribution in [0.3, 0.4) is 0 Å². The Hall–Kier alpha value is -2.15. The Morgan fingerprint density at radius 1 is 0.900 bits per heavy atom. The number of benzene rings is 2. The van der Waals surface area contributed by atoms with E-state index in [2.05, 4.69) is 0 Å². The van der Waals surface area contributed by atoms with Crippen molar-refractivity contribution in [3.63, 3.8) is 0 Å². The Morgan fingerprint density at radius 2 is 1.50 bits per heavy atom. The van der Waals surface area contributed by atoms with Gasteiger partial charge in [0.15, 0.2) is 0 Å². The molecule has 2 rings (SSSR count). The smallest absolute Gasteiger partial charge is 0.537 e. The van der Waals surface area contributed by atoms with E-state index >= 15 is 0 Å². The summed E-state index contributed by atoms with van der Waals surface area (Å²) < 4.78 is 47.7. The van der Waals surface area contributed by atoms with E-state index in [1.807, 2.05) is 0 Å². The highest BCUT2D eigenvalue weighted by molar-refractivity contribution is 6.17. The van der Waals surface area contributed by atoms with Crippen molar-refractivity contribution in [1.29, 1.82) is 0 Å². The maximum absolute atomic E-state index is 12.6. The maximum atomic E-state index is 12.6. The standard InChI is InChI=1S/C13H9BF3O3/c15-13(16,17)9-3-1-4-10(7-9)19-11-5-2-6-12(8-11)20-14-18/h1-8,18H. The molecule has 2 aromatic carbocycles. The fraction of sp³-hybridized carbons (Fsp3) is 0.0769. The summed E-state index contributed by atoms with van der Waals surface area (Å²) in [7, 11) is 0.503. The molecule has 20 heavy (non-hydrogen) atoms. The van der Waals surface area contributed by atoms with Crippen molar-refractivity contribution in [2.24, 2.45) is 0 Å². The summed E-state index contributed by atoms with van der Waals surface area (Å²) >= 11 is 0. The van der Waals surface area contributed by atoms with Crippen molar-refractivity contribution >= 4 is 7.69 Å². The molecule has 3 nitrogen and oxygen atoms in total.